The van der Waals surface area contributed by atoms with Crippen LogP contribution >= 0.6 is 0 Å². The van der Waals surface area contributed by atoms with E-state index in [1.165, 1.54) is 19.4 Å². The van der Waals surface area contributed by atoms with Crippen molar-refractivity contribution in [2.45, 2.75) is 62.9 Å². The number of imidazole rings is 1. The van der Waals surface area contributed by atoms with Crippen LogP contribution in [0.2, 0.25) is 0 Å². The van der Waals surface area contributed by atoms with Gasteiger partial charge in [-0.2, -0.15) is 0 Å². The van der Waals surface area contributed by atoms with E-state index in [0.29, 0.717) is 18.7 Å². The summed E-state index contributed by atoms with van der Waals surface area (Å²) in [7, 11) is 0. The maximum atomic E-state index is 12.7. The van der Waals surface area contributed by atoms with E-state index in [9.17, 15) is 34.2 Å². The molecule has 14 heteroatoms. The number of hydrogen-bond acceptors (Lipinski definition) is 8. The minimum atomic E-state index is -1.60. The number of aromatic amines is 1. The fourth-order valence-electron chi connectivity index (χ4n) is 3.30. The molecule has 1 aliphatic rings. The van der Waals surface area contributed by atoms with Crippen LogP contribution in [0.3, 0.4) is 0 Å². The van der Waals surface area contributed by atoms with Crippen LogP contribution in [0.5, 0.6) is 0 Å². The van der Waals surface area contributed by atoms with Crippen LogP contribution in [0.4, 0.5) is 0 Å². The number of carbonyl (C=O) groups excluding carboxylic acids is 3. The molecule has 8 N–H and O–H groups in total. The van der Waals surface area contributed by atoms with Crippen molar-refractivity contribution in [1.82, 2.24) is 31.2 Å². The highest BCUT2D eigenvalue weighted by Crippen LogP contribution is 2.07. The lowest BCUT2D eigenvalue weighted by atomic mass is 10.1. The Kier molecular flexibility index (Phi) is 9.30. The van der Waals surface area contributed by atoms with Crippen molar-refractivity contribution in [3.63, 3.8) is 0 Å². The number of carbonyl (C=O) groups is 5. The molecule has 1 fully saturated rings. The van der Waals surface area contributed by atoms with Crippen LogP contribution in [-0.4, -0.2) is 91.8 Å². The predicted molar refractivity (Wildman–Crippen MR) is 111 cm³/mol. The van der Waals surface area contributed by atoms with Gasteiger partial charge in [-0.05, 0) is 26.3 Å². The molecule has 5 unspecified atom stereocenters. The Hall–Kier alpha value is -3.52. The number of aliphatic hydroxyl groups is 1. The van der Waals surface area contributed by atoms with E-state index in [1.807, 2.05) is 0 Å². The fourth-order valence-corrected chi connectivity index (χ4v) is 3.30. The van der Waals surface area contributed by atoms with Crippen molar-refractivity contribution in [2.24, 2.45) is 0 Å². The van der Waals surface area contributed by atoms with Gasteiger partial charge in [0.15, 0.2) is 0 Å². The Morgan fingerprint density at radius 2 is 1.85 bits per heavy atom. The quantitative estimate of drug-likeness (QED) is 0.156. The predicted octanol–water partition coefficient (Wildman–Crippen LogP) is -2.90. The zero-order valence-corrected chi connectivity index (χ0v) is 17.9. The van der Waals surface area contributed by atoms with E-state index in [4.69, 9.17) is 5.11 Å². The minimum Gasteiger partial charge on any atom is -0.481 e. The van der Waals surface area contributed by atoms with Gasteiger partial charge in [-0.3, -0.25) is 19.2 Å². The van der Waals surface area contributed by atoms with Gasteiger partial charge in [0, 0.05) is 18.3 Å². The molecule has 3 amide bonds. The van der Waals surface area contributed by atoms with Gasteiger partial charge in [-0.25, -0.2) is 9.78 Å². The van der Waals surface area contributed by atoms with E-state index < -0.39 is 66.4 Å². The maximum Gasteiger partial charge on any atom is 0.326 e. The number of carboxylic acid groups (broad SMARTS) is 2. The van der Waals surface area contributed by atoms with E-state index in [0.717, 1.165) is 6.42 Å². The van der Waals surface area contributed by atoms with Crippen LogP contribution in [0.15, 0.2) is 12.5 Å². The molecule has 1 aliphatic heterocycles. The summed E-state index contributed by atoms with van der Waals surface area (Å²) in [6.45, 7) is 1.81. The van der Waals surface area contributed by atoms with E-state index in [1.54, 1.807) is 0 Å². The number of amides is 3. The van der Waals surface area contributed by atoms with Crippen molar-refractivity contribution < 1.29 is 39.3 Å². The summed E-state index contributed by atoms with van der Waals surface area (Å²) in [4.78, 5) is 66.9. The van der Waals surface area contributed by atoms with Gasteiger partial charge in [-0.15, -0.1) is 0 Å². The van der Waals surface area contributed by atoms with Gasteiger partial charge in [-0.1, -0.05) is 0 Å². The topological polar surface area (TPSA) is 223 Å². The molecule has 1 saturated heterocycles. The van der Waals surface area contributed by atoms with E-state index in [-0.39, 0.29) is 6.42 Å². The van der Waals surface area contributed by atoms with Gasteiger partial charge in [0.1, 0.15) is 18.1 Å². The standard InChI is InChI=1S/C19H28N6O8/c1-9(26)15(18(31)24-13(19(32)33)5-10-7-20-8-22-10)25-17(30)12(6-14(27)28)23-16(29)11-3-2-4-21-11/h7-9,11-13,15,21,26H,2-6H2,1H3,(H,20,22)(H,23,29)(H,24,31)(H,25,30)(H,27,28)(H,32,33). The first-order valence-electron chi connectivity index (χ1n) is 10.3. The Labute approximate surface area is 188 Å². The molecule has 1 aromatic heterocycles. The van der Waals surface area contributed by atoms with Gasteiger partial charge in [0.25, 0.3) is 0 Å². The van der Waals surface area contributed by atoms with Crippen molar-refractivity contribution in [3.05, 3.63) is 18.2 Å². The molecule has 0 aromatic carbocycles. The molecule has 33 heavy (non-hydrogen) atoms. The molecule has 14 nitrogen and oxygen atoms in total. The van der Waals surface area contributed by atoms with Gasteiger partial charge in [0.2, 0.25) is 17.7 Å². The summed E-state index contributed by atoms with van der Waals surface area (Å²) in [6.07, 6.45) is 1.67. The number of aromatic nitrogens is 2. The lowest BCUT2D eigenvalue weighted by Crippen LogP contribution is -2.60. The summed E-state index contributed by atoms with van der Waals surface area (Å²) in [5.74, 6) is -5.28. The smallest absolute Gasteiger partial charge is 0.326 e. The number of carboxylic acids is 2. The largest absolute Gasteiger partial charge is 0.481 e. The van der Waals surface area contributed by atoms with Crippen LogP contribution in [0.25, 0.3) is 0 Å². The molecule has 0 spiro atoms. The number of rotatable bonds is 12. The number of H-pyrrole nitrogens is 1. The first-order valence-corrected chi connectivity index (χ1v) is 10.3. The van der Waals surface area contributed by atoms with Gasteiger partial charge in [0.05, 0.1) is 24.9 Å². The number of nitrogens with zero attached hydrogens (tertiary/aromatic N) is 1. The zero-order chi connectivity index (χ0) is 24.5. The normalized spacial score (nSPS) is 19.0. The maximum absolute atomic E-state index is 12.7. The Morgan fingerprint density at radius 1 is 1.12 bits per heavy atom. The van der Waals surface area contributed by atoms with Crippen molar-refractivity contribution in [1.29, 1.82) is 0 Å². The number of nitrogens with one attached hydrogen (secondary N) is 5. The van der Waals surface area contributed by atoms with Crippen LogP contribution in [0, 0.1) is 0 Å². The van der Waals surface area contributed by atoms with E-state index in [2.05, 4.69) is 31.2 Å². The highest BCUT2D eigenvalue weighted by Gasteiger charge is 2.34. The second-order valence-electron chi connectivity index (χ2n) is 7.72. The molecular weight excluding hydrogens is 440 g/mol. The molecule has 1 aromatic rings. The number of aliphatic hydroxyl groups excluding tert-OH is 1. The number of hydrogen-bond donors (Lipinski definition) is 8. The summed E-state index contributed by atoms with van der Waals surface area (Å²) < 4.78 is 0. The van der Waals surface area contributed by atoms with Gasteiger partial charge >= 0.3 is 11.9 Å². The second-order valence-corrected chi connectivity index (χ2v) is 7.72. The molecule has 5 atom stereocenters. The summed E-state index contributed by atoms with van der Waals surface area (Å²) in [5, 5.41) is 38.2. The molecular formula is C19H28N6O8. The highest BCUT2D eigenvalue weighted by atomic mass is 16.4. The van der Waals surface area contributed by atoms with Crippen molar-refractivity contribution in [2.75, 3.05) is 6.54 Å². The first kappa shape index (κ1) is 25.7. The third-order valence-corrected chi connectivity index (χ3v) is 5.04. The lowest BCUT2D eigenvalue weighted by molar-refractivity contribution is -0.144. The summed E-state index contributed by atoms with van der Waals surface area (Å²) in [6, 6.07) is -5.06. The fraction of sp³-hybridized carbons (Fsp3) is 0.579. The highest BCUT2D eigenvalue weighted by molar-refractivity contribution is 5.96. The van der Waals surface area contributed by atoms with Crippen molar-refractivity contribution in [3.8, 4) is 0 Å². The lowest BCUT2D eigenvalue weighted by Gasteiger charge is -2.26. The Balaban J connectivity index is 2.07. The first-order chi connectivity index (χ1) is 15.6. The molecule has 0 bridgehead atoms. The molecule has 0 saturated carbocycles. The molecule has 2 heterocycles. The monoisotopic (exact) mass is 468 g/mol. The van der Waals surface area contributed by atoms with Crippen LogP contribution in [0.1, 0.15) is 31.9 Å². The van der Waals surface area contributed by atoms with E-state index >= 15 is 0 Å². The third kappa shape index (κ3) is 7.84. The second kappa shape index (κ2) is 11.9. The molecule has 0 radical (unpaired) electrons. The average Bonchev–Trinajstić information content (AvgIpc) is 3.44. The Morgan fingerprint density at radius 3 is 2.36 bits per heavy atom. The van der Waals surface area contributed by atoms with Gasteiger partial charge < -0.3 is 41.6 Å². The minimum absolute atomic E-state index is 0.131. The van der Waals surface area contributed by atoms with Crippen LogP contribution < -0.4 is 21.3 Å². The Bertz CT molecular complexity index is 852. The zero-order valence-electron chi connectivity index (χ0n) is 17.9. The average molecular weight is 468 g/mol. The number of aliphatic carboxylic acids is 2. The summed E-state index contributed by atoms with van der Waals surface area (Å²) in [5.41, 5.74) is 0.435. The SMILES string of the molecule is CC(O)C(NC(=O)C(CC(=O)O)NC(=O)C1CCCN1)C(=O)NC(Cc1cnc[nH]1)C(=O)O. The van der Waals surface area contributed by atoms with Crippen LogP contribution in [-0.2, 0) is 30.4 Å². The third-order valence-electron chi connectivity index (χ3n) is 5.04. The summed E-state index contributed by atoms with van der Waals surface area (Å²) >= 11 is 0. The van der Waals surface area contributed by atoms with Crippen molar-refractivity contribution >= 4 is 29.7 Å². The molecule has 182 valence electrons. The molecule has 2 rings (SSSR count). The molecule has 0 aliphatic carbocycles.